The molecule has 0 bridgehead atoms. The average Bonchev–Trinajstić information content (AvgIpc) is 2.33. The van der Waals surface area contributed by atoms with Gasteiger partial charge in [0, 0.05) is 25.3 Å². The first kappa shape index (κ1) is 14.3. The third kappa shape index (κ3) is 3.47. The molecular formula is C16H25FN2. The zero-order chi connectivity index (χ0) is 13.8. The third-order valence-electron chi connectivity index (χ3n) is 4.13. The topological polar surface area (TPSA) is 15.3 Å². The van der Waals surface area contributed by atoms with Crippen LogP contribution in [0.4, 0.5) is 10.1 Å². The van der Waals surface area contributed by atoms with Gasteiger partial charge >= 0.3 is 0 Å². The lowest BCUT2D eigenvalue weighted by atomic mass is 9.85. The molecule has 1 aromatic rings. The summed E-state index contributed by atoms with van der Waals surface area (Å²) in [5.41, 5.74) is 2.21. The molecule has 0 spiro atoms. The average molecular weight is 264 g/mol. The molecule has 2 nitrogen and oxygen atoms in total. The van der Waals surface area contributed by atoms with E-state index < -0.39 is 0 Å². The van der Waals surface area contributed by atoms with Crippen molar-refractivity contribution < 1.29 is 4.39 Å². The van der Waals surface area contributed by atoms with Gasteiger partial charge < -0.3 is 10.2 Å². The molecule has 1 aliphatic rings. The Bertz CT molecular complexity index is 415. The molecule has 2 rings (SSSR count). The van der Waals surface area contributed by atoms with E-state index in [-0.39, 0.29) is 11.9 Å². The van der Waals surface area contributed by atoms with Gasteiger partial charge in [-0.1, -0.05) is 13.3 Å². The van der Waals surface area contributed by atoms with Crippen molar-refractivity contribution in [3.8, 4) is 0 Å². The van der Waals surface area contributed by atoms with Crippen molar-refractivity contribution in [2.45, 2.75) is 39.2 Å². The van der Waals surface area contributed by atoms with Crippen LogP contribution in [0, 0.1) is 11.7 Å². The van der Waals surface area contributed by atoms with E-state index in [0.29, 0.717) is 0 Å². The van der Waals surface area contributed by atoms with Crippen LogP contribution in [0.1, 0.15) is 44.7 Å². The fourth-order valence-corrected chi connectivity index (χ4v) is 2.80. The van der Waals surface area contributed by atoms with E-state index in [4.69, 9.17) is 0 Å². The second kappa shape index (κ2) is 6.38. The molecule has 1 saturated carbocycles. The largest absolute Gasteiger partial charge is 0.374 e. The molecule has 0 aromatic heterocycles. The maximum Gasteiger partial charge on any atom is 0.123 e. The summed E-state index contributed by atoms with van der Waals surface area (Å²) < 4.78 is 13.5. The molecule has 0 heterocycles. The first-order valence-electron chi connectivity index (χ1n) is 7.35. The Morgan fingerprint density at radius 3 is 2.74 bits per heavy atom. The summed E-state index contributed by atoms with van der Waals surface area (Å²) in [5.74, 6) is 0.665. The highest BCUT2D eigenvalue weighted by atomic mass is 19.1. The van der Waals surface area contributed by atoms with Crippen LogP contribution in [-0.2, 0) is 0 Å². The van der Waals surface area contributed by atoms with E-state index in [1.165, 1.54) is 19.3 Å². The van der Waals surface area contributed by atoms with Gasteiger partial charge in [-0.2, -0.15) is 0 Å². The maximum atomic E-state index is 13.5. The molecule has 1 aliphatic carbocycles. The summed E-state index contributed by atoms with van der Waals surface area (Å²) >= 11 is 0. The Hall–Kier alpha value is -1.09. The standard InChI is InChI=1S/C16H25FN2/c1-4-18-12(2)15-10-14(17)8-9-16(15)19(3)11-13-6-5-7-13/h8-10,12-13,18H,4-7,11H2,1-3H3. The van der Waals surface area contributed by atoms with Gasteiger partial charge in [0.05, 0.1) is 0 Å². The molecule has 1 unspecified atom stereocenters. The van der Waals surface area contributed by atoms with Crippen molar-refractivity contribution in [2.75, 3.05) is 25.0 Å². The Morgan fingerprint density at radius 2 is 2.16 bits per heavy atom. The minimum Gasteiger partial charge on any atom is -0.374 e. The number of hydrogen-bond acceptors (Lipinski definition) is 2. The van der Waals surface area contributed by atoms with Crippen LogP contribution in [0.15, 0.2) is 18.2 Å². The van der Waals surface area contributed by atoms with Gasteiger partial charge in [-0.15, -0.1) is 0 Å². The van der Waals surface area contributed by atoms with E-state index in [1.807, 2.05) is 6.07 Å². The van der Waals surface area contributed by atoms with Crippen molar-refractivity contribution in [3.63, 3.8) is 0 Å². The molecular weight excluding hydrogens is 239 g/mol. The SMILES string of the molecule is CCNC(C)c1cc(F)ccc1N(C)CC1CCC1. The maximum absolute atomic E-state index is 13.5. The monoisotopic (exact) mass is 264 g/mol. The fraction of sp³-hybridized carbons (Fsp3) is 0.625. The van der Waals surface area contributed by atoms with Crippen molar-refractivity contribution >= 4 is 5.69 Å². The van der Waals surface area contributed by atoms with Gasteiger partial charge in [0.2, 0.25) is 0 Å². The molecule has 0 radical (unpaired) electrons. The van der Waals surface area contributed by atoms with E-state index in [1.54, 1.807) is 12.1 Å². The minimum atomic E-state index is -0.152. The summed E-state index contributed by atoms with van der Waals surface area (Å²) in [4.78, 5) is 2.28. The molecule has 0 amide bonds. The molecule has 1 aromatic carbocycles. The number of nitrogens with zero attached hydrogens (tertiary/aromatic N) is 1. The minimum absolute atomic E-state index is 0.152. The van der Waals surface area contributed by atoms with E-state index in [0.717, 1.165) is 30.3 Å². The van der Waals surface area contributed by atoms with Crippen LogP contribution >= 0.6 is 0 Å². The molecule has 19 heavy (non-hydrogen) atoms. The predicted octanol–water partition coefficient (Wildman–Crippen LogP) is 3.73. The molecule has 106 valence electrons. The van der Waals surface area contributed by atoms with Crippen LogP contribution in [0.3, 0.4) is 0 Å². The zero-order valence-electron chi connectivity index (χ0n) is 12.2. The van der Waals surface area contributed by atoms with E-state index in [9.17, 15) is 4.39 Å². The number of rotatable bonds is 6. The highest BCUT2D eigenvalue weighted by Gasteiger charge is 2.21. The Labute approximate surface area is 116 Å². The lowest BCUT2D eigenvalue weighted by Crippen LogP contribution is -2.31. The lowest BCUT2D eigenvalue weighted by Gasteiger charge is -2.33. The quantitative estimate of drug-likeness (QED) is 0.842. The van der Waals surface area contributed by atoms with Crippen molar-refractivity contribution in [1.82, 2.24) is 5.32 Å². The summed E-state index contributed by atoms with van der Waals surface area (Å²) in [7, 11) is 2.12. The van der Waals surface area contributed by atoms with Gasteiger partial charge in [-0.3, -0.25) is 0 Å². The van der Waals surface area contributed by atoms with Crippen LogP contribution in [0.2, 0.25) is 0 Å². The number of anilines is 1. The van der Waals surface area contributed by atoms with Crippen LogP contribution < -0.4 is 10.2 Å². The predicted molar refractivity (Wildman–Crippen MR) is 79.1 cm³/mol. The molecule has 1 N–H and O–H groups in total. The van der Waals surface area contributed by atoms with E-state index in [2.05, 4.69) is 31.1 Å². The number of hydrogen-bond donors (Lipinski definition) is 1. The third-order valence-corrected chi connectivity index (χ3v) is 4.13. The number of benzene rings is 1. The van der Waals surface area contributed by atoms with Gasteiger partial charge in [0.15, 0.2) is 0 Å². The molecule has 1 atom stereocenters. The Balaban J connectivity index is 2.17. The Morgan fingerprint density at radius 1 is 1.42 bits per heavy atom. The summed E-state index contributed by atoms with van der Waals surface area (Å²) in [6.45, 7) is 6.15. The zero-order valence-corrected chi connectivity index (χ0v) is 12.2. The highest BCUT2D eigenvalue weighted by molar-refractivity contribution is 5.54. The molecule has 1 fully saturated rings. The molecule has 3 heteroatoms. The fourth-order valence-electron chi connectivity index (χ4n) is 2.80. The van der Waals surface area contributed by atoms with Gasteiger partial charge in [-0.25, -0.2) is 4.39 Å². The van der Waals surface area contributed by atoms with E-state index >= 15 is 0 Å². The van der Waals surface area contributed by atoms with Crippen molar-refractivity contribution in [2.24, 2.45) is 5.92 Å². The van der Waals surface area contributed by atoms with Gasteiger partial charge in [-0.05, 0) is 56.0 Å². The Kier molecular flexibility index (Phi) is 4.81. The van der Waals surface area contributed by atoms with Crippen molar-refractivity contribution in [1.29, 1.82) is 0 Å². The first-order valence-corrected chi connectivity index (χ1v) is 7.35. The normalized spacial score (nSPS) is 17.1. The summed E-state index contributed by atoms with van der Waals surface area (Å²) in [5, 5.41) is 3.37. The summed E-state index contributed by atoms with van der Waals surface area (Å²) in [6.07, 6.45) is 4.04. The smallest absolute Gasteiger partial charge is 0.123 e. The highest BCUT2D eigenvalue weighted by Crippen LogP contribution is 2.31. The first-order chi connectivity index (χ1) is 9.11. The lowest BCUT2D eigenvalue weighted by molar-refractivity contribution is 0.321. The van der Waals surface area contributed by atoms with Crippen LogP contribution in [0.5, 0.6) is 0 Å². The molecule has 0 saturated heterocycles. The summed E-state index contributed by atoms with van der Waals surface area (Å²) in [6, 6.07) is 5.32. The second-order valence-electron chi connectivity index (χ2n) is 5.66. The number of halogens is 1. The number of nitrogens with one attached hydrogen (secondary N) is 1. The van der Waals surface area contributed by atoms with Gasteiger partial charge in [0.25, 0.3) is 0 Å². The van der Waals surface area contributed by atoms with Gasteiger partial charge in [0.1, 0.15) is 5.82 Å². The molecule has 0 aliphatic heterocycles. The van der Waals surface area contributed by atoms with Crippen LogP contribution in [-0.4, -0.2) is 20.1 Å². The second-order valence-corrected chi connectivity index (χ2v) is 5.66. The van der Waals surface area contributed by atoms with Crippen LogP contribution in [0.25, 0.3) is 0 Å². The van der Waals surface area contributed by atoms with Crippen molar-refractivity contribution in [3.05, 3.63) is 29.6 Å².